The lowest BCUT2D eigenvalue weighted by atomic mass is 10.0. The zero-order valence-electron chi connectivity index (χ0n) is 20.5. The number of carbonyl (C=O) groups excluding carboxylic acids is 1. The van der Waals surface area contributed by atoms with E-state index in [0.29, 0.717) is 33.7 Å². The average molecular weight is 583 g/mol. The second-order valence-corrected chi connectivity index (χ2v) is 10.4. The third-order valence-electron chi connectivity index (χ3n) is 5.87. The van der Waals surface area contributed by atoms with Gasteiger partial charge in [-0.25, -0.2) is 0 Å². The molecule has 1 aromatic heterocycles. The van der Waals surface area contributed by atoms with E-state index in [0.717, 1.165) is 23.4 Å². The number of esters is 1. The third-order valence-corrected chi connectivity index (χ3v) is 7.26. The van der Waals surface area contributed by atoms with Crippen LogP contribution in [0.5, 0.6) is 11.5 Å². The number of carbonyl (C=O) groups is 1. The molecule has 4 rings (SSSR count). The van der Waals surface area contributed by atoms with Gasteiger partial charge in [-0.05, 0) is 72.5 Å². The zero-order valence-corrected chi connectivity index (χ0v) is 22.8. The highest BCUT2D eigenvalue weighted by atomic mass is 35.5. The van der Waals surface area contributed by atoms with Gasteiger partial charge in [0.05, 0.1) is 16.7 Å². The smallest absolute Gasteiger partial charge is 0.387 e. The van der Waals surface area contributed by atoms with Crippen molar-refractivity contribution in [1.29, 1.82) is 0 Å². The first-order valence-corrected chi connectivity index (χ1v) is 13.9. The first kappa shape index (κ1) is 28.3. The van der Waals surface area contributed by atoms with E-state index in [1.165, 1.54) is 18.5 Å². The topological polar surface area (TPSA) is 69.7 Å². The Labute approximate surface area is 234 Å². The molecule has 0 radical (unpaired) electrons. The van der Waals surface area contributed by atoms with Crippen molar-refractivity contribution in [2.45, 2.75) is 36.9 Å². The van der Waals surface area contributed by atoms with Crippen molar-refractivity contribution in [2.24, 2.45) is 5.92 Å². The van der Waals surface area contributed by atoms with Crippen LogP contribution in [-0.2, 0) is 16.0 Å². The molecular weight excluding hydrogens is 557 g/mol. The van der Waals surface area contributed by atoms with Crippen LogP contribution in [0.4, 0.5) is 14.5 Å². The highest BCUT2D eigenvalue weighted by Crippen LogP contribution is 2.37. The highest BCUT2D eigenvalue weighted by Gasteiger charge is 2.25. The minimum absolute atomic E-state index is 0.0927. The van der Waals surface area contributed by atoms with Crippen LogP contribution in [0.1, 0.15) is 30.1 Å². The monoisotopic (exact) mass is 582 g/mol. The molecule has 1 saturated carbocycles. The summed E-state index contributed by atoms with van der Waals surface area (Å²) in [5.74, 6) is -0.0877. The average Bonchev–Trinajstić information content (AvgIpc) is 3.73. The fraction of sp³-hybridized carbons (Fsp3) is 0.333. The van der Waals surface area contributed by atoms with E-state index in [9.17, 15) is 13.6 Å². The molecule has 1 fully saturated rings. The Morgan fingerprint density at radius 1 is 1.11 bits per heavy atom. The molecular formula is C27H26Cl2F2N2O4S. The molecule has 11 heteroatoms. The molecule has 0 aliphatic heterocycles. The normalized spacial score (nSPS) is 13.7. The molecule has 0 unspecified atom stereocenters. The van der Waals surface area contributed by atoms with Crippen molar-refractivity contribution in [3.8, 4) is 11.5 Å². The zero-order chi connectivity index (χ0) is 27.1. The fourth-order valence-electron chi connectivity index (χ4n) is 3.65. The number of benzene rings is 2. The van der Waals surface area contributed by atoms with E-state index in [1.807, 2.05) is 30.5 Å². The van der Waals surface area contributed by atoms with Crippen molar-refractivity contribution in [2.75, 3.05) is 24.7 Å². The summed E-state index contributed by atoms with van der Waals surface area (Å²) < 4.78 is 42.3. The second-order valence-electron chi connectivity index (χ2n) is 8.69. The van der Waals surface area contributed by atoms with Crippen LogP contribution in [0.25, 0.3) is 0 Å². The van der Waals surface area contributed by atoms with Gasteiger partial charge >= 0.3 is 12.6 Å². The summed E-state index contributed by atoms with van der Waals surface area (Å²) in [6.07, 6.45) is 6.22. The Morgan fingerprint density at radius 2 is 1.82 bits per heavy atom. The van der Waals surface area contributed by atoms with E-state index < -0.39 is 18.7 Å². The lowest BCUT2D eigenvalue weighted by Gasteiger charge is -2.22. The van der Waals surface area contributed by atoms with Crippen LogP contribution in [0.3, 0.4) is 0 Å². The van der Waals surface area contributed by atoms with Crippen LogP contribution in [0.15, 0.2) is 59.8 Å². The molecule has 0 amide bonds. The summed E-state index contributed by atoms with van der Waals surface area (Å²) in [6, 6.07) is 12.1. The van der Waals surface area contributed by atoms with E-state index in [2.05, 4.69) is 15.0 Å². The van der Waals surface area contributed by atoms with Gasteiger partial charge in [0.15, 0.2) is 11.5 Å². The maximum Gasteiger partial charge on any atom is 0.387 e. The molecule has 3 aromatic rings. The minimum Gasteiger partial charge on any atom is -0.489 e. The van der Waals surface area contributed by atoms with Crippen LogP contribution < -0.4 is 14.8 Å². The molecule has 1 aliphatic carbocycles. The van der Waals surface area contributed by atoms with E-state index in [1.54, 1.807) is 23.9 Å². The summed E-state index contributed by atoms with van der Waals surface area (Å²) in [7, 11) is 0. The van der Waals surface area contributed by atoms with E-state index >= 15 is 0 Å². The lowest BCUT2D eigenvalue weighted by Crippen LogP contribution is -2.21. The van der Waals surface area contributed by atoms with Gasteiger partial charge in [0.1, 0.15) is 12.6 Å². The number of ether oxygens (including phenoxy) is 3. The Bertz CT molecular complexity index is 1230. The van der Waals surface area contributed by atoms with Gasteiger partial charge in [-0.1, -0.05) is 29.3 Å². The molecule has 2 aromatic carbocycles. The molecule has 0 spiro atoms. The first-order chi connectivity index (χ1) is 18.3. The number of rotatable bonds is 13. The predicted octanol–water partition coefficient (Wildman–Crippen LogP) is 7.44. The van der Waals surface area contributed by atoms with E-state index in [4.69, 9.17) is 32.7 Å². The van der Waals surface area contributed by atoms with Crippen LogP contribution in [0, 0.1) is 5.92 Å². The Kier molecular flexibility index (Phi) is 9.93. The van der Waals surface area contributed by atoms with Gasteiger partial charge in [0, 0.05) is 29.4 Å². The van der Waals surface area contributed by atoms with Gasteiger partial charge < -0.3 is 19.5 Å². The number of aromatic nitrogens is 1. The quantitative estimate of drug-likeness (QED) is 0.166. The van der Waals surface area contributed by atoms with E-state index in [-0.39, 0.29) is 24.5 Å². The molecule has 38 heavy (non-hydrogen) atoms. The second kappa shape index (κ2) is 13.4. The van der Waals surface area contributed by atoms with Gasteiger partial charge in [0.2, 0.25) is 0 Å². The first-order valence-electron chi connectivity index (χ1n) is 11.9. The molecule has 1 aliphatic rings. The standard InChI is InChI=1S/C27H26Cl2F2N2O4S/c1-38-19-7-5-18(6-8-19)33-14-26(34)36-24(11-20-21(28)12-32-13-22(20)29)17-4-9-23(37-27(30)31)25(10-17)35-15-16-2-3-16/h4-10,12-13,16,24,27,33H,2-3,11,14-15H2,1H3/t24-/m0/s1. The number of nitrogens with zero attached hydrogens (tertiary/aromatic N) is 1. The van der Waals surface area contributed by atoms with Crippen LogP contribution in [0.2, 0.25) is 10.0 Å². The SMILES string of the molecule is CSc1ccc(NCC(=O)O[C@@H](Cc2c(Cl)cncc2Cl)c2ccc(OC(F)F)c(OCC3CC3)c2)cc1. The number of pyridine rings is 1. The third kappa shape index (κ3) is 8.12. The Hall–Kier alpha value is -2.75. The van der Waals surface area contributed by atoms with Crippen molar-refractivity contribution in [1.82, 2.24) is 4.98 Å². The summed E-state index contributed by atoms with van der Waals surface area (Å²) in [5, 5.41) is 3.67. The maximum atomic E-state index is 13.0. The molecule has 202 valence electrons. The lowest BCUT2D eigenvalue weighted by molar-refractivity contribution is -0.147. The predicted molar refractivity (Wildman–Crippen MR) is 145 cm³/mol. The van der Waals surface area contributed by atoms with Crippen LogP contribution >= 0.6 is 35.0 Å². The number of hydrogen-bond acceptors (Lipinski definition) is 7. The van der Waals surface area contributed by atoms with Gasteiger partial charge in [-0.3, -0.25) is 9.78 Å². The maximum absolute atomic E-state index is 13.0. The van der Waals surface area contributed by atoms with Gasteiger partial charge in [-0.15, -0.1) is 11.8 Å². The van der Waals surface area contributed by atoms with Crippen molar-refractivity contribution < 1.29 is 27.8 Å². The number of nitrogens with one attached hydrogen (secondary N) is 1. The molecule has 6 nitrogen and oxygen atoms in total. The number of halogens is 4. The molecule has 1 heterocycles. The fourth-order valence-corrected chi connectivity index (χ4v) is 4.58. The van der Waals surface area contributed by atoms with Crippen LogP contribution in [-0.4, -0.2) is 37.0 Å². The summed E-state index contributed by atoms with van der Waals surface area (Å²) in [5.41, 5.74) is 1.81. The number of hydrogen-bond donors (Lipinski definition) is 1. The molecule has 0 saturated heterocycles. The summed E-state index contributed by atoms with van der Waals surface area (Å²) in [4.78, 5) is 18.0. The number of anilines is 1. The van der Waals surface area contributed by atoms with Crippen molar-refractivity contribution in [3.63, 3.8) is 0 Å². The van der Waals surface area contributed by atoms with Gasteiger partial charge in [-0.2, -0.15) is 8.78 Å². The van der Waals surface area contributed by atoms with Gasteiger partial charge in [0.25, 0.3) is 0 Å². The van der Waals surface area contributed by atoms with Crippen molar-refractivity contribution in [3.05, 3.63) is 76.0 Å². The number of thioether (sulfide) groups is 1. The molecule has 1 N–H and O–H groups in total. The Morgan fingerprint density at radius 3 is 2.45 bits per heavy atom. The largest absolute Gasteiger partial charge is 0.489 e. The minimum atomic E-state index is -3.01. The van der Waals surface area contributed by atoms with Crippen molar-refractivity contribution >= 4 is 46.6 Å². The molecule has 1 atom stereocenters. The Balaban J connectivity index is 1.56. The summed E-state index contributed by atoms with van der Waals surface area (Å²) in [6.45, 7) is -2.72. The summed E-state index contributed by atoms with van der Waals surface area (Å²) >= 11 is 14.3. The number of alkyl halides is 2. The molecule has 0 bridgehead atoms. The highest BCUT2D eigenvalue weighted by molar-refractivity contribution is 7.98.